The average molecular weight is 911 g/mol. The molecular weight excluding hydrogens is 817 g/mol. The summed E-state index contributed by atoms with van der Waals surface area (Å²) in [5.41, 5.74) is 4.90. The number of phenolic OH excluding ortho intramolecular Hbond substituents is 2. The minimum atomic E-state index is 0.449. The van der Waals surface area contributed by atoms with Gasteiger partial charge in [-0.2, -0.15) is 71.8 Å². The van der Waals surface area contributed by atoms with Gasteiger partial charge < -0.3 is 10.2 Å². The van der Waals surface area contributed by atoms with Gasteiger partial charge in [-0.15, -0.1) is 0 Å². The van der Waals surface area contributed by atoms with Gasteiger partial charge in [0.05, 0.1) is 0 Å². The number of aromatic hydroxyl groups is 2. The van der Waals surface area contributed by atoms with Gasteiger partial charge in [0.25, 0.3) is 0 Å². The maximum absolute atomic E-state index is 9.59. The summed E-state index contributed by atoms with van der Waals surface area (Å²) in [6.45, 7) is 18.3. The number of unbranched alkanes of at least 4 members (excludes halogenated alkanes) is 12. The number of rotatable bonds is 28. The summed E-state index contributed by atoms with van der Waals surface area (Å²) in [6.07, 6.45) is 31.1. The fourth-order valence-electron chi connectivity index (χ4n) is 7.50. The zero-order valence-electron chi connectivity index (χ0n) is 42.3. The van der Waals surface area contributed by atoms with Gasteiger partial charge in [0, 0.05) is 0 Å². The van der Waals surface area contributed by atoms with E-state index in [4.69, 9.17) is 3.32 Å². The van der Waals surface area contributed by atoms with E-state index >= 15 is 0 Å². The molecule has 0 aliphatic rings. The number of hydrogen-bond acceptors (Lipinski definition) is 3. The normalized spacial score (nSPS) is 10.7. The van der Waals surface area contributed by atoms with Crippen molar-refractivity contribution >= 4 is 0 Å². The van der Waals surface area contributed by atoms with Gasteiger partial charge in [-0.25, -0.2) is 0 Å². The molecule has 0 spiro atoms. The molecule has 0 saturated carbocycles. The monoisotopic (exact) mass is 911 g/mol. The molecule has 0 bridgehead atoms. The molecule has 4 heteroatoms. The summed E-state index contributed by atoms with van der Waals surface area (Å²) in [5.74, 6) is 4.30. The van der Waals surface area contributed by atoms with Crippen LogP contribution in [0.1, 0.15) is 206 Å². The Hall–Kier alpha value is -3.01. The first kappa shape index (κ1) is 61.0. The molecule has 2 N–H and O–H groups in total. The second-order valence-corrected chi connectivity index (χ2v) is 19.4. The van der Waals surface area contributed by atoms with Crippen LogP contribution in [0.3, 0.4) is 0 Å². The molecule has 0 unspecified atom stereocenters. The van der Waals surface area contributed by atoms with Gasteiger partial charge in [0.2, 0.25) is 0 Å². The van der Waals surface area contributed by atoms with Crippen molar-refractivity contribution in [2.45, 2.75) is 209 Å². The van der Waals surface area contributed by atoms with Gasteiger partial charge in [-0.3, -0.25) is 0 Å². The quantitative estimate of drug-likeness (QED) is 0.0339. The van der Waals surface area contributed by atoms with E-state index in [1.54, 1.807) is 12.1 Å². The molecule has 0 radical (unpaired) electrons. The van der Waals surface area contributed by atoms with E-state index in [0.29, 0.717) is 11.5 Å². The van der Waals surface area contributed by atoms with Crippen LogP contribution >= 0.6 is 0 Å². The van der Waals surface area contributed by atoms with E-state index in [-0.39, 0.29) is 0 Å². The number of aryl methyl sites for hydroxylation is 4. The molecule has 0 saturated heterocycles. The standard InChI is InChI=1S/2C15H24O.2C15H23.O.Ti/c2*1-13(2)9-5-3-4-6-10-14-11-7-8-12-15(14)16;2*1-14(2)10-6-3-4-7-11-15-12-8-5-9-13-15;;/h2*7-8,11-13,16H,3-6,9-10H2,1-2H3;2*5,8-9,12,14H,3-4,6-7,10-11H2,1-2H3;;/q;;2*-1;;+2. The van der Waals surface area contributed by atoms with Crippen LogP contribution in [0.5, 0.6) is 11.5 Å². The van der Waals surface area contributed by atoms with Crippen molar-refractivity contribution in [1.82, 2.24) is 0 Å². The Labute approximate surface area is 407 Å². The van der Waals surface area contributed by atoms with Crippen LogP contribution in [0.15, 0.2) is 97.1 Å². The molecule has 0 aliphatic carbocycles. The zero-order chi connectivity index (χ0) is 47.5. The average Bonchev–Trinajstić information content (AvgIpc) is 3.28. The number of phenols is 2. The van der Waals surface area contributed by atoms with Crippen LogP contribution in [-0.4, -0.2) is 10.2 Å². The van der Waals surface area contributed by atoms with E-state index in [1.807, 2.05) is 60.7 Å². The summed E-state index contributed by atoms with van der Waals surface area (Å²) in [4.78, 5) is 0. The van der Waals surface area contributed by atoms with Crippen LogP contribution < -0.4 is 0 Å². The van der Waals surface area contributed by atoms with E-state index in [2.05, 4.69) is 91.8 Å². The number of para-hydroxylation sites is 2. The first-order chi connectivity index (χ1) is 31.0. The molecule has 0 aromatic heterocycles. The van der Waals surface area contributed by atoms with Crippen LogP contribution in [-0.2, 0) is 49.4 Å². The van der Waals surface area contributed by atoms with Crippen molar-refractivity contribution in [3.05, 3.63) is 131 Å². The Morgan fingerprint density at radius 1 is 0.359 bits per heavy atom. The topological polar surface area (TPSA) is 57.5 Å². The molecule has 4 rings (SSSR count). The van der Waals surface area contributed by atoms with Crippen molar-refractivity contribution in [2.75, 3.05) is 0 Å². The van der Waals surface area contributed by atoms with Gasteiger partial charge in [-0.05, 0) is 72.6 Å². The molecule has 0 heterocycles. The van der Waals surface area contributed by atoms with Crippen molar-refractivity contribution < 1.29 is 33.9 Å². The Kier molecular flexibility index (Phi) is 41.8. The van der Waals surface area contributed by atoms with Crippen molar-refractivity contribution in [2.24, 2.45) is 23.7 Å². The third kappa shape index (κ3) is 39.4. The minimum absolute atomic E-state index is 0.449. The second-order valence-electron chi connectivity index (χ2n) is 19.4. The van der Waals surface area contributed by atoms with E-state index in [0.717, 1.165) is 68.0 Å². The molecule has 0 aliphatic heterocycles. The second kappa shape index (κ2) is 43.9. The van der Waals surface area contributed by atoms with Crippen LogP contribution in [0.25, 0.3) is 0 Å². The Balaban J connectivity index is 0.000000816. The molecular formula is C60H94O3Ti. The predicted molar refractivity (Wildman–Crippen MR) is 274 cm³/mol. The molecule has 64 heavy (non-hydrogen) atoms. The van der Waals surface area contributed by atoms with Crippen LogP contribution in [0.4, 0.5) is 0 Å². The van der Waals surface area contributed by atoms with E-state index in [1.165, 1.54) is 152 Å². The van der Waals surface area contributed by atoms with Gasteiger partial charge in [-0.1, -0.05) is 220 Å². The molecule has 0 atom stereocenters. The Morgan fingerprint density at radius 2 is 0.625 bits per heavy atom. The van der Waals surface area contributed by atoms with Crippen LogP contribution in [0, 0.1) is 35.8 Å². The van der Waals surface area contributed by atoms with Gasteiger partial charge in [0.15, 0.2) is 0 Å². The molecule has 4 aromatic carbocycles. The summed E-state index contributed by atoms with van der Waals surface area (Å²) < 4.78 is 8.25. The predicted octanol–water partition coefficient (Wildman–Crippen LogP) is 18.2. The summed E-state index contributed by atoms with van der Waals surface area (Å²) >= 11 is 0.750. The molecule has 0 fully saturated rings. The third-order valence-electron chi connectivity index (χ3n) is 11.4. The first-order valence-electron chi connectivity index (χ1n) is 25.6. The Bertz CT molecular complexity index is 1430. The first-order valence-corrected chi connectivity index (χ1v) is 26.3. The number of hydrogen-bond donors (Lipinski definition) is 2. The molecule has 0 amide bonds. The Morgan fingerprint density at radius 3 is 0.891 bits per heavy atom. The molecule has 4 aromatic rings. The van der Waals surface area contributed by atoms with Gasteiger partial charge >= 0.3 is 23.7 Å². The maximum atomic E-state index is 9.59. The third-order valence-corrected chi connectivity index (χ3v) is 11.4. The SMILES string of the molecule is CC(C)CCCCCCc1[c-]cccc1.CC(C)CCCCCCc1[c-]cccc1.CC(C)CCCCCCc1ccccc1O.CC(C)CCCCCCc1ccccc1O.[O]=[Ti+2]. The van der Waals surface area contributed by atoms with Crippen LogP contribution in [0.2, 0.25) is 0 Å². The summed E-state index contributed by atoms with van der Waals surface area (Å²) in [7, 11) is 0. The van der Waals surface area contributed by atoms with Crippen molar-refractivity contribution in [1.29, 1.82) is 0 Å². The van der Waals surface area contributed by atoms with Gasteiger partial charge in [0.1, 0.15) is 11.5 Å². The summed E-state index contributed by atoms with van der Waals surface area (Å²) in [5, 5.41) is 19.2. The van der Waals surface area contributed by atoms with Crippen molar-refractivity contribution in [3.63, 3.8) is 0 Å². The molecule has 3 nitrogen and oxygen atoms in total. The zero-order valence-corrected chi connectivity index (χ0v) is 43.9. The number of benzene rings is 4. The van der Waals surface area contributed by atoms with Crippen molar-refractivity contribution in [3.8, 4) is 11.5 Å². The van der Waals surface area contributed by atoms with E-state index < -0.39 is 0 Å². The summed E-state index contributed by atoms with van der Waals surface area (Å²) in [6, 6.07) is 38.5. The molecule has 356 valence electrons. The van der Waals surface area contributed by atoms with E-state index in [9.17, 15) is 10.2 Å². The fraction of sp³-hybridized carbons (Fsp3) is 0.600. The fourth-order valence-corrected chi connectivity index (χ4v) is 7.50.